The van der Waals surface area contributed by atoms with Gasteiger partial charge in [-0.1, -0.05) is 20.4 Å². The number of esters is 1. The van der Waals surface area contributed by atoms with Crippen molar-refractivity contribution >= 4 is 25.1 Å². The first-order valence-corrected chi connectivity index (χ1v) is 12.8. The Morgan fingerprint density at radius 1 is 1.34 bits per heavy atom. The van der Waals surface area contributed by atoms with Gasteiger partial charge in [-0.15, -0.1) is 5.10 Å². The zero-order valence-electron chi connectivity index (χ0n) is 20.7. The van der Waals surface area contributed by atoms with Gasteiger partial charge >= 0.3 is 13.7 Å². The summed E-state index contributed by atoms with van der Waals surface area (Å²) in [7, 11) is -3.26. The lowest BCUT2D eigenvalue weighted by Gasteiger charge is -2.27. The number of hydrogen-bond donors (Lipinski definition) is 4. The highest BCUT2D eigenvalue weighted by Crippen LogP contribution is 2.46. The molecular formula is C21H29N6O10P. The highest BCUT2D eigenvalue weighted by Gasteiger charge is 2.46. The minimum absolute atomic E-state index is 0.0678. The SMILES string of the molecule is C=C(N)c1ncn([C@@H]2O[C@H](COP(=O)(N[C@H](C(=O)OC)C(C)C)Oc3ccc([N+](=O)[O-])cc3)[C@@H](O)[C@H]2O)n1. The molecule has 0 saturated carbocycles. The lowest BCUT2D eigenvalue weighted by Crippen LogP contribution is -2.42. The van der Waals surface area contributed by atoms with Crippen molar-refractivity contribution in [3.8, 4) is 5.75 Å². The molecule has 1 saturated heterocycles. The Balaban J connectivity index is 1.80. The van der Waals surface area contributed by atoms with Crippen molar-refractivity contribution < 1.29 is 43.0 Å². The maximum atomic E-state index is 13.8. The molecule has 5 N–H and O–H groups in total. The normalized spacial score (nSPS) is 23.5. The number of rotatable bonds is 12. The van der Waals surface area contributed by atoms with E-state index in [1.807, 2.05) is 0 Å². The third-order valence-electron chi connectivity index (χ3n) is 5.49. The fourth-order valence-electron chi connectivity index (χ4n) is 3.43. The Bertz CT molecular complexity index is 1210. The van der Waals surface area contributed by atoms with Crippen LogP contribution in [-0.2, 0) is 23.4 Å². The maximum absolute atomic E-state index is 13.8. The lowest BCUT2D eigenvalue weighted by molar-refractivity contribution is -0.384. The van der Waals surface area contributed by atoms with Crippen LogP contribution >= 0.6 is 7.75 Å². The van der Waals surface area contributed by atoms with Crippen molar-refractivity contribution in [3.63, 3.8) is 0 Å². The zero-order chi connectivity index (χ0) is 28.2. The van der Waals surface area contributed by atoms with Crippen LogP contribution < -0.4 is 15.3 Å². The van der Waals surface area contributed by atoms with E-state index in [2.05, 4.69) is 21.7 Å². The Kier molecular flexibility index (Phi) is 9.19. The van der Waals surface area contributed by atoms with Crippen LogP contribution in [0.3, 0.4) is 0 Å². The molecule has 0 radical (unpaired) electrons. The number of aliphatic hydroxyl groups excluding tert-OH is 2. The summed E-state index contributed by atoms with van der Waals surface area (Å²) in [6.45, 7) is 6.28. The van der Waals surface area contributed by atoms with Gasteiger partial charge in [0.2, 0.25) is 0 Å². The van der Waals surface area contributed by atoms with Gasteiger partial charge in [0.05, 0.1) is 24.3 Å². The molecule has 3 rings (SSSR count). The standard InChI is InChI=1S/C21H29N6O10P/c1-11(2)16(21(30)34-4)25-38(33,37-14-7-5-13(6-8-14)27(31)32)35-9-15-17(28)18(29)20(36-15)26-10-23-19(24-26)12(3)22/h5-8,10-11,15-18,20,28-29H,3,9,22H2,1-2,4H3,(H,25,33)/t15-,16+,17-,18-,20-,38?/m1/s1. The van der Waals surface area contributed by atoms with E-state index in [0.29, 0.717) is 0 Å². The Morgan fingerprint density at radius 3 is 2.53 bits per heavy atom. The van der Waals surface area contributed by atoms with Gasteiger partial charge in [0.1, 0.15) is 36.4 Å². The quantitative estimate of drug-likeness (QED) is 0.122. The number of aromatic nitrogens is 3. The molecule has 1 aliphatic heterocycles. The molecule has 208 valence electrons. The summed E-state index contributed by atoms with van der Waals surface area (Å²) in [5.41, 5.74) is 5.42. The summed E-state index contributed by atoms with van der Waals surface area (Å²) >= 11 is 0. The zero-order valence-corrected chi connectivity index (χ0v) is 21.6. The topological polar surface area (TPSA) is 223 Å². The monoisotopic (exact) mass is 556 g/mol. The van der Waals surface area contributed by atoms with Gasteiger partial charge in [-0.05, 0) is 18.1 Å². The molecule has 17 heteroatoms. The van der Waals surface area contributed by atoms with Crippen molar-refractivity contribution in [1.82, 2.24) is 19.9 Å². The molecule has 1 aromatic carbocycles. The molecule has 0 amide bonds. The fourth-order valence-corrected chi connectivity index (χ4v) is 5.10. The Hall–Kier alpha value is -3.40. The van der Waals surface area contributed by atoms with Gasteiger partial charge in [-0.3, -0.25) is 19.4 Å². The first-order valence-electron chi connectivity index (χ1n) is 11.3. The number of carbonyl (C=O) groups is 1. The summed E-state index contributed by atoms with van der Waals surface area (Å²) in [6.07, 6.45) is -4.13. The van der Waals surface area contributed by atoms with Crippen LogP contribution in [-0.4, -0.2) is 73.9 Å². The van der Waals surface area contributed by atoms with Gasteiger partial charge in [-0.2, -0.15) is 5.09 Å². The minimum Gasteiger partial charge on any atom is -0.468 e. The first-order chi connectivity index (χ1) is 17.8. The number of non-ortho nitro benzene ring substituents is 1. The van der Waals surface area contributed by atoms with Crippen molar-refractivity contribution in [2.24, 2.45) is 11.7 Å². The van der Waals surface area contributed by atoms with Gasteiger partial charge in [0, 0.05) is 12.1 Å². The molecule has 1 aliphatic rings. The van der Waals surface area contributed by atoms with Crippen LogP contribution in [0.25, 0.3) is 5.70 Å². The number of nitrogens with two attached hydrogens (primary N) is 1. The van der Waals surface area contributed by atoms with Gasteiger partial charge in [0.15, 0.2) is 12.1 Å². The van der Waals surface area contributed by atoms with Crippen molar-refractivity contribution in [3.05, 3.63) is 53.1 Å². The summed E-state index contributed by atoms with van der Waals surface area (Å²) in [4.78, 5) is 26.5. The molecule has 1 unspecified atom stereocenters. The van der Waals surface area contributed by atoms with Crippen LogP contribution in [0.15, 0.2) is 37.2 Å². The van der Waals surface area contributed by atoms with Crippen LogP contribution in [0.2, 0.25) is 0 Å². The summed E-state index contributed by atoms with van der Waals surface area (Å²) in [6, 6.07) is 3.54. The van der Waals surface area contributed by atoms with Gasteiger partial charge < -0.3 is 29.9 Å². The molecule has 0 bridgehead atoms. The number of aliphatic hydroxyl groups is 2. The second kappa shape index (κ2) is 12.0. The fraction of sp³-hybridized carbons (Fsp3) is 0.476. The summed E-state index contributed by atoms with van der Waals surface area (Å²) < 4.78 is 36.4. The number of nitrogens with zero attached hydrogens (tertiary/aromatic N) is 4. The van der Waals surface area contributed by atoms with E-state index in [9.17, 15) is 29.7 Å². The number of hydrogen-bond acceptors (Lipinski definition) is 13. The highest BCUT2D eigenvalue weighted by atomic mass is 31.2. The number of benzene rings is 1. The smallest absolute Gasteiger partial charge is 0.459 e. The van der Waals surface area contributed by atoms with Crippen LogP contribution in [0.5, 0.6) is 5.75 Å². The number of methoxy groups -OCH3 is 1. The van der Waals surface area contributed by atoms with Crippen LogP contribution in [0, 0.1) is 16.0 Å². The number of carbonyl (C=O) groups excluding carboxylic acids is 1. The van der Waals surface area contributed by atoms with E-state index in [4.69, 9.17) is 24.3 Å². The molecule has 16 nitrogen and oxygen atoms in total. The highest BCUT2D eigenvalue weighted by molar-refractivity contribution is 7.52. The molecule has 0 spiro atoms. The largest absolute Gasteiger partial charge is 0.468 e. The number of nitro groups is 1. The molecule has 1 aromatic heterocycles. The first kappa shape index (κ1) is 29.2. The average molecular weight is 556 g/mol. The predicted octanol–water partition coefficient (Wildman–Crippen LogP) is 0.726. The summed E-state index contributed by atoms with van der Waals surface area (Å²) in [5, 5.41) is 38.5. The molecular weight excluding hydrogens is 527 g/mol. The van der Waals surface area contributed by atoms with Crippen LogP contribution in [0.1, 0.15) is 25.9 Å². The van der Waals surface area contributed by atoms with E-state index in [0.717, 1.165) is 23.9 Å². The van der Waals surface area contributed by atoms with E-state index < -0.39 is 61.7 Å². The van der Waals surface area contributed by atoms with Crippen molar-refractivity contribution in [2.75, 3.05) is 13.7 Å². The van der Waals surface area contributed by atoms with E-state index >= 15 is 0 Å². The number of nitro benzene ring substituents is 1. The second-order valence-corrected chi connectivity index (χ2v) is 10.3. The number of nitrogens with one attached hydrogen (secondary N) is 1. The Labute approximate surface area is 217 Å². The maximum Gasteiger partial charge on any atom is 0.459 e. The molecule has 38 heavy (non-hydrogen) atoms. The molecule has 2 heterocycles. The predicted molar refractivity (Wildman–Crippen MR) is 130 cm³/mol. The number of ether oxygens (including phenoxy) is 2. The third-order valence-corrected chi connectivity index (χ3v) is 7.03. The van der Waals surface area contributed by atoms with Crippen molar-refractivity contribution in [2.45, 2.75) is 44.4 Å². The van der Waals surface area contributed by atoms with Gasteiger partial charge in [0.25, 0.3) is 5.69 Å². The average Bonchev–Trinajstić information content (AvgIpc) is 3.46. The van der Waals surface area contributed by atoms with Crippen molar-refractivity contribution in [1.29, 1.82) is 0 Å². The van der Waals surface area contributed by atoms with E-state index in [-0.39, 0.29) is 23.0 Å². The Morgan fingerprint density at radius 2 is 2.00 bits per heavy atom. The van der Waals surface area contributed by atoms with Gasteiger partial charge in [-0.25, -0.2) is 14.2 Å². The molecule has 6 atom stereocenters. The minimum atomic E-state index is -4.41. The second-order valence-electron chi connectivity index (χ2n) is 8.63. The molecule has 1 fully saturated rings. The van der Waals surface area contributed by atoms with E-state index in [1.165, 1.54) is 18.5 Å². The summed E-state index contributed by atoms with van der Waals surface area (Å²) in [5.74, 6) is -1.13. The van der Waals surface area contributed by atoms with Crippen LogP contribution in [0.4, 0.5) is 5.69 Å². The van der Waals surface area contributed by atoms with E-state index in [1.54, 1.807) is 13.8 Å². The lowest BCUT2D eigenvalue weighted by atomic mass is 10.1. The molecule has 2 aromatic rings. The third kappa shape index (κ3) is 6.72. The molecule has 0 aliphatic carbocycles.